The molecule has 0 aliphatic rings. The van der Waals surface area contributed by atoms with Crippen molar-refractivity contribution in [2.45, 2.75) is 19.3 Å². The molecule has 2 aromatic carbocycles. The molecule has 0 fully saturated rings. The van der Waals surface area contributed by atoms with E-state index in [-0.39, 0.29) is 5.56 Å². The van der Waals surface area contributed by atoms with Crippen LogP contribution >= 0.6 is 15.9 Å². The Morgan fingerprint density at radius 2 is 1.40 bits per heavy atom. The molecule has 25 heavy (non-hydrogen) atoms. The van der Waals surface area contributed by atoms with Gasteiger partial charge in [0, 0.05) is 5.33 Å². The standard InChI is InChI=1S/C20H21BrN2O2/c21-14-8-3-9-15-25-20-16-19(24)22(17-10-4-1-5-11-17)23(20)18-12-6-2-7-13-18/h1-2,4-7,10-13,16H,3,8-9,14-15H2. The number of hydrogen-bond acceptors (Lipinski definition) is 2. The lowest BCUT2D eigenvalue weighted by atomic mass is 10.3. The molecule has 1 heterocycles. The van der Waals surface area contributed by atoms with E-state index in [0.717, 1.165) is 36.0 Å². The van der Waals surface area contributed by atoms with Crippen LogP contribution in [0, 0.1) is 0 Å². The quantitative estimate of drug-likeness (QED) is 0.410. The third-order valence-corrected chi connectivity index (χ3v) is 4.45. The number of ether oxygens (including phenoxy) is 1. The number of halogens is 1. The van der Waals surface area contributed by atoms with Crippen molar-refractivity contribution in [3.8, 4) is 17.3 Å². The number of aromatic nitrogens is 2. The van der Waals surface area contributed by atoms with Crippen LogP contribution in [-0.2, 0) is 0 Å². The van der Waals surface area contributed by atoms with Crippen LogP contribution in [0.4, 0.5) is 0 Å². The molecule has 3 aromatic rings. The highest BCUT2D eigenvalue weighted by Crippen LogP contribution is 2.20. The number of unbranched alkanes of at least 4 members (excludes halogenated alkanes) is 2. The van der Waals surface area contributed by atoms with Crippen LogP contribution < -0.4 is 10.3 Å². The zero-order chi connectivity index (χ0) is 17.5. The molecule has 4 nitrogen and oxygen atoms in total. The maximum absolute atomic E-state index is 12.6. The summed E-state index contributed by atoms with van der Waals surface area (Å²) in [6, 6.07) is 21.0. The van der Waals surface area contributed by atoms with Crippen molar-refractivity contribution in [2.75, 3.05) is 11.9 Å². The second-order valence-electron chi connectivity index (χ2n) is 5.71. The SMILES string of the molecule is O=c1cc(OCCCCCBr)n(-c2ccccc2)n1-c1ccccc1. The van der Waals surface area contributed by atoms with Crippen LogP contribution in [0.1, 0.15) is 19.3 Å². The summed E-state index contributed by atoms with van der Waals surface area (Å²) in [5.41, 5.74) is 1.60. The van der Waals surface area contributed by atoms with Gasteiger partial charge in [0.25, 0.3) is 5.56 Å². The smallest absolute Gasteiger partial charge is 0.275 e. The van der Waals surface area contributed by atoms with Crippen LogP contribution in [0.5, 0.6) is 5.88 Å². The highest BCUT2D eigenvalue weighted by atomic mass is 79.9. The minimum absolute atomic E-state index is 0.106. The summed E-state index contributed by atoms with van der Waals surface area (Å²) in [6.45, 7) is 0.595. The highest BCUT2D eigenvalue weighted by molar-refractivity contribution is 9.09. The van der Waals surface area contributed by atoms with E-state index < -0.39 is 0 Å². The molecule has 0 amide bonds. The van der Waals surface area contributed by atoms with Gasteiger partial charge in [-0.25, -0.2) is 9.36 Å². The summed E-state index contributed by atoms with van der Waals surface area (Å²) < 4.78 is 9.43. The summed E-state index contributed by atoms with van der Waals surface area (Å²) in [7, 11) is 0. The molecule has 0 radical (unpaired) electrons. The van der Waals surface area contributed by atoms with E-state index >= 15 is 0 Å². The Bertz CT molecular complexity index is 841. The highest BCUT2D eigenvalue weighted by Gasteiger charge is 2.15. The van der Waals surface area contributed by atoms with Gasteiger partial charge in [-0.15, -0.1) is 0 Å². The molecular formula is C20H21BrN2O2. The molecule has 0 aliphatic heterocycles. The Morgan fingerprint density at radius 1 is 0.800 bits per heavy atom. The normalized spacial score (nSPS) is 10.8. The summed E-state index contributed by atoms with van der Waals surface area (Å²) in [5, 5.41) is 1.01. The van der Waals surface area contributed by atoms with E-state index in [2.05, 4.69) is 15.9 Å². The van der Waals surface area contributed by atoms with Crippen LogP contribution in [0.25, 0.3) is 11.4 Å². The van der Waals surface area contributed by atoms with Gasteiger partial charge in [-0.3, -0.25) is 4.79 Å². The van der Waals surface area contributed by atoms with Gasteiger partial charge in [0.1, 0.15) is 0 Å². The maximum Gasteiger partial charge on any atom is 0.275 e. The monoisotopic (exact) mass is 400 g/mol. The van der Waals surface area contributed by atoms with Crippen molar-refractivity contribution in [1.82, 2.24) is 9.36 Å². The van der Waals surface area contributed by atoms with Crippen LogP contribution in [0.15, 0.2) is 71.5 Å². The van der Waals surface area contributed by atoms with Crippen molar-refractivity contribution >= 4 is 15.9 Å². The lowest BCUT2D eigenvalue weighted by Gasteiger charge is -2.15. The first-order valence-corrected chi connectivity index (χ1v) is 9.58. The molecular weight excluding hydrogens is 380 g/mol. The van der Waals surface area contributed by atoms with Gasteiger partial charge >= 0.3 is 0 Å². The largest absolute Gasteiger partial charge is 0.478 e. The van der Waals surface area contributed by atoms with Gasteiger partial charge in [0.2, 0.25) is 5.88 Å². The van der Waals surface area contributed by atoms with Crippen molar-refractivity contribution in [3.63, 3.8) is 0 Å². The van der Waals surface area contributed by atoms with Crippen molar-refractivity contribution in [2.24, 2.45) is 0 Å². The molecule has 0 bridgehead atoms. The minimum atomic E-state index is -0.106. The Hall–Kier alpha value is -2.27. The Labute approximate surface area is 155 Å². The summed E-state index contributed by atoms with van der Waals surface area (Å²) >= 11 is 3.44. The first-order valence-electron chi connectivity index (χ1n) is 8.46. The average molecular weight is 401 g/mol. The molecule has 0 spiro atoms. The molecule has 3 rings (SSSR count). The zero-order valence-corrected chi connectivity index (χ0v) is 15.6. The number of hydrogen-bond donors (Lipinski definition) is 0. The predicted molar refractivity (Wildman–Crippen MR) is 105 cm³/mol. The number of nitrogens with zero attached hydrogens (tertiary/aromatic N) is 2. The molecule has 130 valence electrons. The maximum atomic E-state index is 12.6. The van der Waals surface area contributed by atoms with E-state index in [1.165, 1.54) is 0 Å². The van der Waals surface area contributed by atoms with Crippen LogP contribution in [0.2, 0.25) is 0 Å². The van der Waals surface area contributed by atoms with Crippen molar-refractivity contribution < 1.29 is 4.74 Å². The van der Waals surface area contributed by atoms with Crippen LogP contribution in [0.3, 0.4) is 0 Å². The minimum Gasteiger partial charge on any atom is -0.478 e. The zero-order valence-electron chi connectivity index (χ0n) is 14.0. The fraction of sp³-hybridized carbons (Fsp3) is 0.250. The number of alkyl halides is 1. The Morgan fingerprint density at radius 3 is 2.00 bits per heavy atom. The molecule has 0 saturated heterocycles. The lowest BCUT2D eigenvalue weighted by molar-refractivity contribution is 0.284. The summed E-state index contributed by atoms with van der Waals surface area (Å²) in [5.74, 6) is 0.568. The Balaban J connectivity index is 1.97. The molecule has 5 heteroatoms. The molecule has 0 saturated carbocycles. The molecule has 0 atom stereocenters. The van der Waals surface area contributed by atoms with Crippen LogP contribution in [-0.4, -0.2) is 21.3 Å². The number of benzene rings is 2. The molecule has 0 unspecified atom stereocenters. The topological polar surface area (TPSA) is 36.2 Å². The van der Waals surface area contributed by atoms with E-state index in [0.29, 0.717) is 12.5 Å². The third-order valence-electron chi connectivity index (χ3n) is 3.89. The number of rotatable bonds is 8. The van der Waals surface area contributed by atoms with E-state index in [1.54, 1.807) is 10.7 Å². The summed E-state index contributed by atoms with van der Waals surface area (Å²) in [4.78, 5) is 12.6. The second kappa shape index (κ2) is 8.72. The fourth-order valence-electron chi connectivity index (χ4n) is 2.70. The summed E-state index contributed by atoms with van der Waals surface area (Å²) in [6.07, 6.45) is 3.19. The van der Waals surface area contributed by atoms with E-state index in [1.807, 2.05) is 65.3 Å². The molecule has 0 aliphatic carbocycles. The second-order valence-corrected chi connectivity index (χ2v) is 6.51. The van der Waals surface area contributed by atoms with Gasteiger partial charge < -0.3 is 4.74 Å². The van der Waals surface area contributed by atoms with Crippen molar-refractivity contribution in [3.05, 3.63) is 77.1 Å². The predicted octanol–water partition coefficient (Wildman–Crippen LogP) is 4.57. The first kappa shape index (κ1) is 17.5. The van der Waals surface area contributed by atoms with Gasteiger partial charge in [-0.2, -0.15) is 0 Å². The van der Waals surface area contributed by atoms with Crippen molar-refractivity contribution in [1.29, 1.82) is 0 Å². The van der Waals surface area contributed by atoms with Gasteiger partial charge in [0.05, 0.1) is 24.0 Å². The average Bonchev–Trinajstić information content (AvgIpc) is 2.99. The third kappa shape index (κ3) is 4.23. The lowest BCUT2D eigenvalue weighted by Crippen LogP contribution is -2.20. The van der Waals surface area contributed by atoms with Gasteiger partial charge in [-0.05, 0) is 43.5 Å². The van der Waals surface area contributed by atoms with E-state index in [9.17, 15) is 4.79 Å². The first-order chi connectivity index (χ1) is 12.3. The van der Waals surface area contributed by atoms with Gasteiger partial charge in [-0.1, -0.05) is 52.3 Å². The molecule has 1 aromatic heterocycles. The molecule has 0 N–H and O–H groups in total. The Kier molecular flexibility index (Phi) is 6.12. The number of para-hydroxylation sites is 2. The fourth-order valence-corrected chi connectivity index (χ4v) is 3.10. The van der Waals surface area contributed by atoms with E-state index in [4.69, 9.17) is 4.74 Å². The van der Waals surface area contributed by atoms with Gasteiger partial charge in [0.15, 0.2) is 0 Å².